The van der Waals surface area contributed by atoms with Crippen LogP contribution in [0.3, 0.4) is 0 Å². The minimum absolute atomic E-state index is 0.00861. The molecule has 39 heavy (non-hydrogen) atoms. The predicted octanol–water partition coefficient (Wildman–Crippen LogP) is 0.631. The number of amides is 1. The van der Waals surface area contributed by atoms with Crippen LogP contribution >= 0.6 is 0 Å². The van der Waals surface area contributed by atoms with E-state index in [0.29, 0.717) is 31.4 Å². The third-order valence-corrected chi connectivity index (χ3v) is 10.9. The highest BCUT2D eigenvalue weighted by molar-refractivity contribution is 5.96. The molecule has 1 heterocycles. The first-order chi connectivity index (χ1) is 18.4. The summed E-state index contributed by atoms with van der Waals surface area (Å²) in [6.45, 7) is 2.91. The summed E-state index contributed by atoms with van der Waals surface area (Å²) in [5.74, 6) is -2.06. The molecule has 5 aliphatic rings. The number of rotatable bonds is 6. The fourth-order valence-corrected chi connectivity index (χ4v) is 8.94. The van der Waals surface area contributed by atoms with Gasteiger partial charge >= 0.3 is 5.97 Å². The van der Waals surface area contributed by atoms with Crippen molar-refractivity contribution < 1.29 is 44.8 Å². The Kier molecular flexibility index (Phi) is 7.18. The van der Waals surface area contributed by atoms with Crippen molar-refractivity contribution in [3.8, 4) is 0 Å². The Labute approximate surface area is 227 Å². The number of carboxylic acid groups (broad SMARTS) is 1. The van der Waals surface area contributed by atoms with Crippen molar-refractivity contribution in [3.05, 3.63) is 11.6 Å². The minimum atomic E-state index is -1.62. The van der Waals surface area contributed by atoms with Crippen LogP contribution in [0.25, 0.3) is 0 Å². The summed E-state index contributed by atoms with van der Waals surface area (Å²) in [7, 11) is 0. The first-order valence-electron chi connectivity index (χ1n) is 14.0. The molecule has 0 spiro atoms. The first-order valence-corrected chi connectivity index (χ1v) is 14.0. The van der Waals surface area contributed by atoms with Gasteiger partial charge in [-0.05, 0) is 74.2 Å². The molecule has 5 rings (SSSR count). The summed E-state index contributed by atoms with van der Waals surface area (Å²) >= 11 is 0. The number of hydrogen-bond acceptors (Lipinski definition) is 9. The van der Waals surface area contributed by atoms with Gasteiger partial charge in [0.2, 0.25) is 0 Å². The van der Waals surface area contributed by atoms with Crippen LogP contribution in [0.5, 0.6) is 0 Å². The molecule has 9 atom stereocenters. The van der Waals surface area contributed by atoms with E-state index in [1.165, 1.54) is 5.57 Å². The highest BCUT2D eigenvalue weighted by Crippen LogP contribution is 2.67. The van der Waals surface area contributed by atoms with Crippen molar-refractivity contribution in [2.45, 2.75) is 89.1 Å². The van der Waals surface area contributed by atoms with Crippen LogP contribution < -0.4 is 0 Å². The number of carboxylic acids is 1. The lowest BCUT2D eigenvalue weighted by Crippen LogP contribution is -2.62. The molecule has 0 aromatic rings. The second-order valence-electron chi connectivity index (χ2n) is 12.7. The van der Waals surface area contributed by atoms with Gasteiger partial charge in [-0.15, -0.1) is 0 Å². The molecular formula is C28H40N2O9. The number of fused-ring (bicyclic) bond motifs is 5. The number of hydrogen-bond donors (Lipinski definition) is 5. The molecular weight excluding hydrogens is 508 g/mol. The topological polar surface area (TPSA) is 177 Å². The van der Waals surface area contributed by atoms with E-state index in [1.54, 1.807) is 0 Å². The Hall–Kier alpha value is -2.34. The van der Waals surface area contributed by atoms with E-state index in [9.17, 15) is 39.9 Å². The molecule has 0 radical (unpaired) electrons. The molecule has 0 unspecified atom stereocenters. The van der Waals surface area contributed by atoms with Gasteiger partial charge in [-0.2, -0.15) is 0 Å². The van der Waals surface area contributed by atoms with Crippen LogP contribution in [-0.2, 0) is 19.2 Å². The largest absolute Gasteiger partial charge is 0.480 e. The SMILES string of the molecule is C[C@]12CC/C(=N/OCC(=O)N3C[C@H](O)C[C@@H]3C(=O)O)C=C1CC[C@@H]1[C@@H]2[C@@H](O)C[C@@]2(C)[C@H]1CC[C@]2(O)C(=O)CO. The number of ketones is 1. The number of oxime groups is 1. The molecule has 216 valence electrons. The van der Waals surface area contributed by atoms with Crippen LogP contribution in [0.2, 0.25) is 0 Å². The van der Waals surface area contributed by atoms with Gasteiger partial charge in [-0.1, -0.05) is 24.6 Å². The van der Waals surface area contributed by atoms with Crippen LogP contribution in [0.15, 0.2) is 16.8 Å². The molecule has 11 nitrogen and oxygen atoms in total. The van der Waals surface area contributed by atoms with E-state index in [4.69, 9.17) is 4.84 Å². The van der Waals surface area contributed by atoms with E-state index in [1.807, 2.05) is 13.0 Å². The van der Waals surface area contributed by atoms with Crippen molar-refractivity contribution in [1.29, 1.82) is 0 Å². The first kappa shape index (κ1) is 28.2. The number of Topliss-reactive ketones (excluding diaryl/α,β-unsaturated/α-hetero) is 1. The molecule has 0 aromatic heterocycles. The summed E-state index contributed by atoms with van der Waals surface area (Å²) < 4.78 is 0. The number of carbonyl (C=O) groups is 3. The number of likely N-dealkylation sites (tertiary alicyclic amines) is 1. The summed E-state index contributed by atoms with van der Waals surface area (Å²) in [6, 6.07) is -1.07. The molecule has 3 saturated carbocycles. The predicted molar refractivity (Wildman–Crippen MR) is 137 cm³/mol. The Morgan fingerprint density at radius 3 is 2.59 bits per heavy atom. The van der Waals surface area contributed by atoms with E-state index in [-0.39, 0.29) is 36.1 Å². The van der Waals surface area contributed by atoms with Gasteiger partial charge in [0.1, 0.15) is 18.2 Å². The van der Waals surface area contributed by atoms with Gasteiger partial charge < -0.3 is 35.3 Å². The summed E-state index contributed by atoms with van der Waals surface area (Å²) in [4.78, 5) is 42.9. The van der Waals surface area contributed by atoms with E-state index in [2.05, 4.69) is 12.1 Å². The third-order valence-electron chi connectivity index (χ3n) is 10.9. The smallest absolute Gasteiger partial charge is 0.326 e. The maximum atomic E-state index is 12.6. The summed E-state index contributed by atoms with van der Waals surface area (Å²) in [5.41, 5.74) is -0.824. The van der Waals surface area contributed by atoms with Crippen LogP contribution in [0.4, 0.5) is 0 Å². The van der Waals surface area contributed by atoms with Crippen LogP contribution in [0.1, 0.15) is 65.2 Å². The number of aliphatic carboxylic acids is 1. The van der Waals surface area contributed by atoms with Gasteiger partial charge in [0, 0.05) is 18.4 Å². The van der Waals surface area contributed by atoms with E-state index in [0.717, 1.165) is 24.2 Å². The lowest BCUT2D eigenvalue weighted by atomic mass is 9.45. The van der Waals surface area contributed by atoms with Crippen molar-refractivity contribution in [2.24, 2.45) is 33.7 Å². The molecule has 4 aliphatic carbocycles. The average Bonchev–Trinajstić information content (AvgIpc) is 3.41. The fourth-order valence-electron chi connectivity index (χ4n) is 8.94. The Bertz CT molecular complexity index is 1110. The van der Waals surface area contributed by atoms with Crippen molar-refractivity contribution in [2.75, 3.05) is 19.8 Å². The maximum Gasteiger partial charge on any atom is 0.326 e. The second kappa shape index (κ2) is 9.94. The standard InChI is InChI=1S/C28H40N2O9/c1-26-7-5-16(29-39-14-23(35)30-12-17(32)10-20(30)25(36)37)9-15(26)3-4-18-19-6-8-28(38,22(34)13-31)27(19,2)11-21(33)24(18)26/h9,17-21,24,31-33,38H,3-8,10-14H2,1-2H3,(H,36,37)/b29-16-/t17-,18+,19+,20-,21+,24-,26+,27+,28+/m1/s1. The fraction of sp³-hybridized carbons (Fsp3) is 0.786. The lowest BCUT2D eigenvalue weighted by Gasteiger charge is -2.60. The second-order valence-corrected chi connectivity index (χ2v) is 12.7. The van der Waals surface area contributed by atoms with Crippen LogP contribution in [0, 0.1) is 28.6 Å². The molecule has 1 amide bonds. The van der Waals surface area contributed by atoms with Gasteiger partial charge in [0.15, 0.2) is 12.4 Å². The summed E-state index contributed by atoms with van der Waals surface area (Å²) in [6.07, 6.45) is 4.61. The Balaban J connectivity index is 1.29. The Morgan fingerprint density at radius 1 is 1.15 bits per heavy atom. The number of aliphatic hydroxyl groups is 4. The van der Waals surface area contributed by atoms with Gasteiger partial charge in [0.05, 0.1) is 17.9 Å². The van der Waals surface area contributed by atoms with Crippen molar-refractivity contribution in [1.82, 2.24) is 4.90 Å². The zero-order valence-electron chi connectivity index (χ0n) is 22.6. The van der Waals surface area contributed by atoms with E-state index < -0.39 is 60.1 Å². The Morgan fingerprint density at radius 2 is 1.90 bits per heavy atom. The monoisotopic (exact) mass is 548 g/mol. The molecule has 0 aromatic carbocycles. The maximum absolute atomic E-state index is 12.6. The zero-order chi connectivity index (χ0) is 28.3. The highest BCUT2D eigenvalue weighted by Gasteiger charge is 2.68. The molecule has 4 fully saturated rings. The third kappa shape index (κ3) is 4.32. The van der Waals surface area contributed by atoms with Gasteiger partial charge in [-0.25, -0.2) is 4.79 Å². The summed E-state index contributed by atoms with van der Waals surface area (Å²) in [5, 5.41) is 55.6. The highest BCUT2D eigenvalue weighted by atomic mass is 16.6. The zero-order valence-corrected chi connectivity index (χ0v) is 22.6. The number of carbonyl (C=O) groups excluding carboxylic acids is 2. The lowest BCUT2D eigenvalue weighted by molar-refractivity contribution is -0.181. The molecule has 11 heteroatoms. The van der Waals surface area contributed by atoms with E-state index >= 15 is 0 Å². The number of allylic oxidation sites excluding steroid dienone is 2. The molecule has 5 N–H and O–H groups in total. The van der Waals surface area contributed by atoms with Crippen molar-refractivity contribution in [3.63, 3.8) is 0 Å². The number of aliphatic hydroxyl groups excluding tert-OH is 3. The molecule has 0 bridgehead atoms. The average molecular weight is 549 g/mol. The molecule has 1 aliphatic heterocycles. The number of β-amino-alcohol motifs (C(OH)–C–C–N with tert-alkyl or cyclic N) is 1. The van der Waals surface area contributed by atoms with Gasteiger partial charge in [0.25, 0.3) is 5.91 Å². The van der Waals surface area contributed by atoms with Gasteiger partial charge in [-0.3, -0.25) is 9.59 Å². The normalized spacial score (nSPS) is 44.3. The minimum Gasteiger partial charge on any atom is -0.480 e. The number of nitrogens with zero attached hydrogens (tertiary/aromatic N) is 2. The molecule has 1 saturated heterocycles. The van der Waals surface area contributed by atoms with Crippen molar-refractivity contribution >= 4 is 23.4 Å². The quantitative estimate of drug-likeness (QED) is 0.298. The van der Waals surface area contributed by atoms with Crippen LogP contribution in [-0.4, -0.2) is 97.4 Å².